The Hall–Kier alpha value is -15.0. The largest absolute Gasteiger partial charge is 0.508 e. The van der Waals surface area contributed by atoms with Crippen LogP contribution in [0.2, 0.25) is 0 Å². The van der Waals surface area contributed by atoms with E-state index in [0.717, 1.165) is 91.5 Å². The zero-order valence-corrected chi connectivity index (χ0v) is 55.6. The quantitative estimate of drug-likeness (QED) is 0.0382. The third-order valence-electron chi connectivity index (χ3n) is 16.3. The van der Waals surface area contributed by atoms with E-state index < -0.39 is 62.0 Å². The standard InChI is InChI=1S/C17H19NO3.C16H12O6.C15H10O7.2C15H10O6/c19-17(18-10-4-1-5-11-18)7-3-2-6-14-8-9-15-16(12-14)21-13-20-15;1-21-13-3-2-8(4-10(13)18)14-7-12(20)16-11(19)5-9(17)6-15(16)22-14;16-7-4-10(19)12-11(5-7)22-15(14(21)13(12)20)6-1-2-8(17)9(18)3-6;16-8-3-1-7(2-4-8)15-14(20)13(19)12-10(18)5-9(17)6-11(12)21-15;16-7-5-10(18)12-11(6-7)21-15(14(20)13(12)19)8-3-1-2-4-9(8)17/h2-3,6-9,12H,1,4-5,10-11,13H2;2-7,17-19H,1H3;1-5,16-19,21H;2*1-6,16-18,20H/b6-2+,7-3+;;;;. The molecule has 13 aromatic rings. The van der Waals surface area contributed by atoms with Gasteiger partial charge in [-0.15, -0.1) is 0 Å². The van der Waals surface area contributed by atoms with E-state index in [1.54, 1.807) is 30.4 Å². The number of hydrogen-bond acceptors (Lipinski definition) is 28. The lowest BCUT2D eigenvalue weighted by Gasteiger charge is -2.25. The van der Waals surface area contributed by atoms with E-state index in [1.807, 2.05) is 35.3 Å². The van der Waals surface area contributed by atoms with Gasteiger partial charge in [0.1, 0.15) is 107 Å². The van der Waals surface area contributed by atoms with Gasteiger partial charge >= 0.3 is 0 Å². The highest BCUT2D eigenvalue weighted by Crippen LogP contribution is 2.42. The number of hydrogen-bond donors (Lipinski definition) is 16. The Morgan fingerprint density at radius 3 is 1.43 bits per heavy atom. The van der Waals surface area contributed by atoms with Gasteiger partial charge in [0.05, 0.1) is 12.7 Å². The average Bonchev–Trinajstić information content (AvgIpc) is 1.81. The van der Waals surface area contributed by atoms with Crippen molar-refractivity contribution in [1.82, 2.24) is 4.90 Å². The van der Waals surface area contributed by atoms with Crippen molar-refractivity contribution in [2.45, 2.75) is 19.3 Å². The first kappa shape index (κ1) is 73.2. The number of nitrogens with zero attached hydrogens (tertiary/aromatic N) is 1. The van der Waals surface area contributed by atoms with Crippen LogP contribution in [0.25, 0.3) is 95.2 Å². The zero-order valence-electron chi connectivity index (χ0n) is 55.6. The minimum Gasteiger partial charge on any atom is -0.508 e. The molecule has 0 spiro atoms. The summed E-state index contributed by atoms with van der Waals surface area (Å²) >= 11 is 0. The Morgan fingerprint density at radius 2 is 0.888 bits per heavy atom. The fourth-order valence-corrected chi connectivity index (χ4v) is 11.1. The summed E-state index contributed by atoms with van der Waals surface area (Å²) in [5.74, 6) is -4.69. The Morgan fingerprint density at radius 1 is 0.402 bits per heavy atom. The van der Waals surface area contributed by atoms with Crippen molar-refractivity contribution in [3.63, 3.8) is 0 Å². The van der Waals surface area contributed by atoms with Gasteiger partial charge in [0, 0.05) is 90.5 Å². The minimum absolute atomic E-state index is 0.0146. The van der Waals surface area contributed by atoms with Crippen LogP contribution in [0.1, 0.15) is 24.8 Å². The number of fused-ring (bicyclic) bond motifs is 5. The maximum atomic E-state index is 12.1. The molecule has 6 heterocycles. The molecule has 2 aliphatic rings. The number of ether oxygens (including phenoxy) is 3. The Kier molecular flexibility index (Phi) is 21.2. The molecule has 15 rings (SSSR count). The summed E-state index contributed by atoms with van der Waals surface area (Å²) in [4.78, 5) is 62.4. The van der Waals surface area contributed by atoms with E-state index in [2.05, 4.69) is 0 Å². The molecule has 0 atom stereocenters. The molecule has 1 amide bonds. The van der Waals surface area contributed by atoms with Crippen LogP contribution in [0.4, 0.5) is 0 Å². The highest BCUT2D eigenvalue weighted by molar-refractivity contribution is 5.92. The summed E-state index contributed by atoms with van der Waals surface area (Å²) in [6.45, 7) is 2.05. The van der Waals surface area contributed by atoms with Crippen LogP contribution >= 0.6 is 0 Å². The van der Waals surface area contributed by atoms with Crippen LogP contribution in [-0.4, -0.2) is 120 Å². The summed E-state index contributed by atoms with van der Waals surface area (Å²) in [5.41, 5.74) is -1.15. The van der Waals surface area contributed by atoms with Gasteiger partial charge in [-0.1, -0.05) is 36.4 Å². The van der Waals surface area contributed by atoms with Crippen molar-refractivity contribution in [2.24, 2.45) is 0 Å². The molecule has 9 aromatic carbocycles. The number of carbonyl (C=O) groups excluding carboxylic acids is 1. The maximum Gasteiger partial charge on any atom is 0.246 e. The number of aromatic hydroxyl groups is 16. The molecule has 1 fully saturated rings. The number of piperidine rings is 1. The number of methoxy groups -OCH3 is 1. The molecule has 29 heteroatoms. The molecule has 0 bridgehead atoms. The number of carbonyl (C=O) groups is 1. The summed E-state index contributed by atoms with van der Waals surface area (Å²) in [6.07, 6.45) is 10.7. The van der Waals surface area contributed by atoms with Crippen molar-refractivity contribution < 1.29 is 118 Å². The first-order valence-electron chi connectivity index (χ1n) is 31.8. The van der Waals surface area contributed by atoms with E-state index in [-0.39, 0.29) is 142 Å². The Balaban J connectivity index is 0.000000133. The highest BCUT2D eigenvalue weighted by atomic mass is 16.7. The summed E-state index contributed by atoms with van der Waals surface area (Å²) in [5, 5.41) is 153. The molecule has 0 radical (unpaired) electrons. The van der Waals surface area contributed by atoms with Crippen molar-refractivity contribution in [2.75, 3.05) is 27.0 Å². The van der Waals surface area contributed by atoms with Crippen LogP contribution in [0, 0.1) is 0 Å². The third-order valence-corrected chi connectivity index (χ3v) is 16.3. The number of phenolic OH excluding ortho intramolecular Hbond substituents is 13. The second kappa shape index (κ2) is 31.1. The van der Waals surface area contributed by atoms with Gasteiger partial charge in [-0.3, -0.25) is 24.0 Å². The van der Waals surface area contributed by atoms with Crippen LogP contribution in [-0.2, 0) is 4.79 Å². The van der Waals surface area contributed by atoms with E-state index in [9.17, 15) is 106 Å². The maximum absolute atomic E-state index is 12.1. The second-order valence-electron chi connectivity index (χ2n) is 23.5. The summed E-state index contributed by atoms with van der Waals surface area (Å²) in [7, 11) is 1.43. The Bertz CT molecular complexity index is 5930. The van der Waals surface area contributed by atoms with Gasteiger partial charge in [-0.2, -0.15) is 0 Å². The van der Waals surface area contributed by atoms with Gasteiger partial charge in [0.15, 0.2) is 57.2 Å². The Labute approximate surface area is 599 Å². The van der Waals surface area contributed by atoms with Crippen molar-refractivity contribution in [3.8, 4) is 155 Å². The number of benzene rings is 9. The van der Waals surface area contributed by atoms with Gasteiger partial charge in [-0.05, 0) is 110 Å². The molecule has 0 unspecified atom stereocenters. The number of phenols is 13. The first-order chi connectivity index (χ1) is 51.2. The SMILES string of the molecule is COc1ccc(-c2cc(=O)c3c(O)cc(O)cc3o2)cc1O.O=C(/C=C/C=C/c1ccc2c(c1)OCO2)N1CCCCC1.O=c1c(O)c(-c2ccc(O)c(O)c2)oc2cc(O)cc(O)c12.O=c1c(O)c(-c2ccc(O)cc2)oc2cc(O)cc(O)c12.O=c1c(O)c(-c2ccccc2O)oc2cc(O)cc(O)c12. The van der Waals surface area contributed by atoms with Crippen molar-refractivity contribution in [3.05, 3.63) is 222 Å². The lowest BCUT2D eigenvalue weighted by Crippen LogP contribution is -2.34. The topological polar surface area (TPSA) is 493 Å². The first-order valence-corrected chi connectivity index (χ1v) is 31.8. The number of para-hydroxylation sites is 1. The van der Waals surface area contributed by atoms with Crippen LogP contribution in [0.3, 0.4) is 0 Å². The van der Waals surface area contributed by atoms with Crippen molar-refractivity contribution >= 4 is 55.9 Å². The molecular weight excluding hydrogens is 1400 g/mol. The lowest BCUT2D eigenvalue weighted by atomic mass is 10.1. The van der Waals surface area contributed by atoms with Crippen molar-refractivity contribution in [1.29, 1.82) is 0 Å². The number of allylic oxidation sites excluding steroid dienone is 2. The fraction of sp³-hybridized carbons (Fsp3) is 0.0897. The van der Waals surface area contributed by atoms with E-state index in [1.165, 1.54) is 86.3 Å². The smallest absolute Gasteiger partial charge is 0.246 e. The number of amides is 1. The average molecular weight is 1460 g/mol. The second-order valence-corrected chi connectivity index (χ2v) is 23.5. The molecule has 4 aromatic heterocycles. The van der Waals surface area contributed by atoms with E-state index in [0.29, 0.717) is 16.9 Å². The van der Waals surface area contributed by atoms with Gasteiger partial charge in [-0.25, -0.2) is 0 Å². The minimum atomic E-state index is -0.888. The predicted octanol–water partition coefficient (Wildman–Crippen LogP) is 12.1. The van der Waals surface area contributed by atoms with Crippen LogP contribution in [0.5, 0.6) is 109 Å². The van der Waals surface area contributed by atoms with Gasteiger partial charge in [0.2, 0.25) is 46.2 Å². The molecule has 1 saturated heterocycles. The molecule has 107 heavy (non-hydrogen) atoms. The summed E-state index contributed by atoms with van der Waals surface area (Å²) < 4.78 is 37.2. The zero-order chi connectivity index (χ0) is 76.7. The lowest BCUT2D eigenvalue weighted by molar-refractivity contribution is -0.126. The normalized spacial score (nSPS) is 12.2. The van der Waals surface area contributed by atoms with Crippen LogP contribution in [0.15, 0.2) is 213 Å². The predicted molar refractivity (Wildman–Crippen MR) is 386 cm³/mol. The number of likely N-dealkylation sites (tertiary alicyclic amines) is 1. The number of rotatable bonds is 8. The highest BCUT2D eigenvalue weighted by Gasteiger charge is 2.24. The van der Waals surface area contributed by atoms with E-state index in [4.69, 9.17) is 31.9 Å². The summed E-state index contributed by atoms with van der Waals surface area (Å²) in [6, 6.07) is 35.4. The molecule has 0 aliphatic carbocycles. The van der Waals surface area contributed by atoms with Gasteiger partial charge in [0.25, 0.3) is 0 Å². The monoisotopic (exact) mass is 1460 g/mol. The van der Waals surface area contributed by atoms with Crippen LogP contribution < -0.4 is 35.9 Å². The molecule has 16 N–H and O–H groups in total. The fourth-order valence-electron chi connectivity index (χ4n) is 11.1. The molecule has 2 aliphatic heterocycles. The van der Waals surface area contributed by atoms with Gasteiger partial charge < -0.3 is 118 Å². The molecular formula is C78H61NO28. The molecule has 29 nitrogen and oxygen atoms in total. The molecule has 546 valence electrons. The van der Waals surface area contributed by atoms with E-state index >= 15 is 0 Å². The molecule has 0 saturated carbocycles. The third kappa shape index (κ3) is 16.0.